The van der Waals surface area contributed by atoms with E-state index in [2.05, 4.69) is 15.6 Å². The van der Waals surface area contributed by atoms with Gasteiger partial charge in [-0.15, -0.1) is 0 Å². The summed E-state index contributed by atoms with van der Waals surface area (Å²) in [5.41, 5.74) is 6.76. The van der Waals surface area contributed by atoms with Gasteiger partial charge in [0.05, 0.1) is 22.3 Å². The molecule has 0 saturated carbocycles. The molecule has 0 bridgehead atoms. The molecule has 1 aromatic rings. The molecule has 88 valence electrons. The van der Waals surface area contributed by atoms with E-state index in [4.69, 9.17) is 28.9 Å². The van der Waals surface area contributed by atoms with Gasteiger partial charge in [-0.3, -0.25) is 4.99 Å². The minimum Gasteiger partial charge on any atom is -0.399 e. The van der Waals surface area contributed by atoms with Gasteiger partial charge in [-0.25, -0.2) is 0 Å². The lowest BCUT2D eigenvalue weighted by Crippen LogP contribution is -2.26. The molecule has 0 atom stereocenters. The number of nitrogen functional groups attached to an aromatic ring is 1. The number of nitrogens with one attached hydrogen (secondary N) is 2. The number of hydrogen-bond acceptors (Lipinski definition) is 4. The largest absolute Gasteiger partial charge is 0.399 e. The first-order valence-electron chi connectivity index (χ1n) is 4.46. The van der Waals surface area contributed by atoms with Crippen LogP contribution >= 0.6 is 23.2 Å². The molecule has 6 heteroatoms. The minimum absolute atomic E-state index is 0. The summed E-state index contributed by atoms with van der Waals surface area (Å²) in [5.74, 6) is 0.684. The van der Waals surface area contributed by atoms with Gasteiger partial charge in [0.25, 0.3) is 0 Å². The van der Waals surface area contributed by atoms with Crippen molar-refractivity contribution < 1.29 is 0 Å². The molecule has 0 aliphatic carbocycles. The fourth-order valence-electron chi connectivity index (χ4n) is 1.31. The maximum atomic E-state index is 6.00. The summed E-state index contributed by atoms with van der Waals surface area (Å²) in [4.78, 5) is 4.18. The number of hydrogen-bond donors (Lipinski definition) is 3. The van der Waals surface area contributed by atoms with Gasteiger partial charge in [-0.2, -0.15) is 0 Å². The van der Waals surface area contributed by atoms with Gasteiger partial charge in [0.15, 0.2) is 5.96 Å². The molecule has 1 heterocycles. The molecule has 0 spiro atoms. The molecule has 2 rings (SSSR count). The molecule has 1 aliphatic rings. The Bertz CT molecular complexity index is 394. The Morgan fingerprint density at radius 2 is 1.94 bits per heavy atom. The minimum atomic E-state index is 0. The number of aliphatic imine (C=N–C) groups is 1. The van der Waals surface area contributed by atoms with Crippen molar-refractivity contribution in [3.63, 3.8) is 0 Å². The van der Waals surface area contributed by atoms with Gasteiger partial charge in [-0.05, 0) is 12.1 Å². The molecule has 4 N–H and O–H groups in total. The first kappa shape index (κ1) is 12.9. The highest BCUT2D eigenvalue weighted by Crippen LogP contribution is 2.32. The molecule has 1 aromatic carbocycles. The first-order chi connectivity index (χ1) is 7.16. The van der Waals surface area contributed by atoms with Crippen molar-refractivity contribution in [3.05, 3.63) is 22.2 Å². The zero-order chi connectivity index (χ0) is 10.8. The van der Waals surface area contributed by atoms with Crippen LogP contribution in [0.3, 0.4) is 0 Å². The lowest BCUT2D eigenvalue weighted by Gasteiger charge is -2.11. The number of halogens is 2. The van der Waals surface area contributed by atoms with Crippen molar-refractivity contribution in [1.29, 1.82) is 0 Å². The number of rotatable bonds is 1. The van der Waals surface area contributed by atoms with Gasteiger partial charge in [0.1, 0.15) is 0 Å². The van der Waals surface area contributed by atoms with E-state index >= 15 is 0 Å². The van der Waals surface area contributed by atoms with E-state index in [0.29, 0.717) is 27.4 Å². The summed E-state index contributed by atoms with van der Waals surface area (Å²) in [5, 5.41) is 7.05. The molecule has 0 amide bonds. The van der Waals surface area contributed by atoms with Crippen LogP contribution in [-0.4, -0.2) is 19.0 Å². The highest BCUT2D eigenvalue weighted by atomic mass is 35.5. The average molecular weight is 261 g/mol. The zero-order valence-corrected chi connectivity index (χ0v) is 9.36. The van der Waals surface area contributed by atoms with Crippen LogP contribution in [0.4, 0.5) is 11.4 Å². The highest BCUT2D eigenvalue weighted by molar-refractivity contribution is 6.40. The molecule has 1 aliphatic heterocycles. The Kier molecular flexibility index (Phi) is 4.26. The van der Waals surface area contributed by atoms with Gasteiger partial charge in [0, 0.05) is 12.2 Å². The van der Waals surface area contributed by atoms with Crippen molar-refractivity contribution in [2.45, 2.75) is 7.43 Å². The van der Waals surface area contributed by atoms with Crippen molar-refractivity contribution >= 4 is 40.5 Å². The summed E-state index contributed by atoms with van der Waals surface area (Å²) in [6, 6.07) is 3.29. The predicted octanol–water partition coefficient (Wildman–Crippen LogP) is 2.58. The van der Waals surface area contributed by atoms with Crippen LogP contribution in [0.1, 0.15) is 7.43 Å². The summed E-state index contributed by atoms with van der Waals surface area (Å²) >= 11 is 12.0. The maximum Gasteiger partial charge on any atom is 0.196 e. The van der Waals surface area contributed by atoms with E-state index in [1.165, 1.54) is 0 Å². The Morgan fingerprint density at radius 1 is 1.31 bits per heavy atom. The van der Waals surface area contributed by atoms with Crippen molar-refractivity contribution in [2.24, 2.45) is 4.99 Å². The van der Waals surface area contributed by atoms with Crippen LogP contribution in [0.5, 0.6) is 0 Å². The standard InChI is InChI=1S/C9H10Cl2N4.CH4/c10-6-3-5(12)4-7(11)8(6)15-9-13-1-2-14-9;/h3-4H,1-2,12H2,(H2,13,14,15);1H4. The number of nitrogens with zero attached hydrogens (tertiary/aromatic N) is 1. The topological polar surface area (TPSA) is 62.4 Å². The van der Waals surface area contributed by atoms with Crippen LogP contribution in [0.2, 0.25) is 10.0 Å². The van der Waals surface area contributed by atoms with Gasteiger partial charge < -0.3 is 16.4 Å². The van der Waals surface area contributed by atoms with Gasteiger partial charge in [0.2, 0.25) is 0 Å². The predicted molar refractivity (Wildman–Crippen MR) is 71.5 cm³/mol. The third-order valence-corrected chi connectivity index (χ3v) is 2.58. The van der Waals surface area contributed by atoms with E-state index < -0.39 is 0 Å². The van der Waals surface area contributed by atoms with E-state index in [1.54, 1.807) is 12.1 Å². The summed E-state index contributed by atoms with van der Waals surface area (Å²) < 4.78 is 0. The van der Waals surface area contributed by atoms with Crippen LogP contribution in [0, 0.1) is 0 Å². The lowest BCUT2D eigenvalue weighted by molar-refractivity contribution is 0.959. The SMILES string of the molecule is C.Nc1cc(Cl)c(NC2=NCCN2)c(Cl)c1. The van der Waals surface area contributed by atoms with Crippen LogP contribution in [-0.2, 0) is 0 Å². The number of benzene rings is 1. The summed E-state index contributed by atoms with van der Waals surface area (Å²) in [7, 11) is 0. The third-order valence-electron chi connectivity index (χ3n) is 1.98. The molecule has 0 aromatic heterocycles. The van der Waals surface area contributed by atoms with E-state index in [9.17, 15) is 0 Å². The second-order valence-corrected chi connectivity index (χ2v) is 3.96. The molecule has 0 unspecified atom stereocenters. The van der Waals surface area contributed by atoms with E-state index in [0.717, 1.165) is 13.1 Å². The molecular weight excluding hydrogens is 247 g/mol. The average Bonchev–Trinajstić information content (AvgIpc) is 2.63. The zero-order valence-electron chi connectivity index (χ0n) is 7.85. The van der Waals surface area contributed by atoms with Crippen LogP contribution in [0.15, 0.2) is 17.1 Å². The van der Waals surface area contributed by atoms with Crippen molar-refractivity contribution in [1.82, 2.24) is 5.32 Å². The Hall–Kier alpha value is -1.13. The fraction of sp³-hybridized carbons (Fsp3) is 0.300. The number of guanidine groups is 1. The Balaban J connectivity index is 0.00000128. The summed E-state index contributed by atoms with van der Waals surface area (Å²) in [6.07, 6.45) is 0. The molecule has 16 heavy (non-hydrogen) atoms. The van der Waals surface area contributed by atoms with Crippen LogP contribution in [0.25, 0.3) is 0 Å². The number of anilines is 2. The quantitative estimate of drug-likeness (QED) is 0.681. The highest BCUT2D eigenvalue weighted by Gasteiger charge is 2.11. The molecule has 0 saturated heterocycles. The second kappa shape index (κ2) is 5.27. The lowest BCUT2D eigenvalue weighted by atomic mass is 10.3. The molecule has 0 radical (unpaired) electrons. The molecule has 4 nitrogen and oxygen atoms in total. The first-order valence-corrected chi connectivity index (χ1v) is 5.22. The van der Waals surface area contributed by atoms with Gasteiger partial charge in [-0.1, -0.05) is 30.6 Å². The van der Waals surface area contributed by atoms with Gasteiger partial charge >= 0.3 is 0 Å². The molecule has 0 fully saturated rings. The van der Waals surface area contributed by atoms with E-state index in [1.807, 2.05) is 0 Å². The molecular formula is C10H14Cl2N4. The third kappa shape index (κ3) is 2.71. The van der Waals surface area contributed by atoms with Crippen LogP contribution < -0.4 is 16.4 Å². The van der Waals surface area contributed by atoms with Crippen molar-refractivity contribution in [3.8, 4) is 0 Å². The maximum absolute atomic E-state index is 6.00. The second-order valence-electron chi connectivity index (χ2n) is 3.14. The fourth-order valence-corrected chi connectivity index (χ4v) is 1.91. The Morgan fingerprint density at radius 3 is 2.44 bits per heavy atom. The van der Waals surface area contributed by atoms with Crippen molar-refractivity contribution in [2.75, 3.05) is 24.1 Å². The Labute approximate surface area is 105 Å². The smallest absolute Gasteiger partial charge is 0.196 e. The summed E-state index contributed by atoms with van der Waals surface area (Å²) in [6.45, 7) is 1.58. The van der Waals surface area contributed by atoms with E-state index in [-0.39, 0.29) is 7.43 Å². The normalized spacial score (nSPS) is 13.8. The monoisotopic (exact) mass is 260 g/mol. The number of nitrogens with two attached hydrogens (primary N) is 1.